The number of piperidine rings is 1. The summed E-state index contributed by atoms with van der Waals surface area (Å²) in [5, 5.41) is 2.75. The molecule has 6 nitrogen and oxygen atoms in total. The van der Waals surface area contributed by atoms with Crippen molar-refractivity contribution in [1.29, 1.82) is 0 Å². The minimum absolute atomic E-state index is 0.0102. The lowest BCUT2D eigenvalue weighted by Gasteiger charge is -2.30. The van der Waals surface area contributed by atoms with Crippen molar-refractivity contribution >= 4 is 15.9 Å². The highest BCUT2D eigenvalue weighted by molar-refractivity contribution is 7.89. The summed E-state index contributed by atoms with van der Waals surface area (Å²) in [5.41, 5.74) is 0.609. The fourth-order valence-corrected chi connectivity index (χ4v) is 4.75. The van der Waals surface area contributed by atoms with Crippen LogP contribution in [0, 0.1) is 11.7 Å². The topological polar surface area (TPSA) is 75.7 Å². The minimum atomic E-state index is -3.74. The van der Waals surface area contributed by atoms with Crippen LogP contribution < -0.4 is 10.1 Å². The fraction of sp³-hybridized carbons (Fsp3) is 0.350. The van der Waals surface area contributed by atoms with E-state index in [1.807, 2.05) is 0 Å². The highest BCUT2D eigenvalue weighted by Gasteiger charge is 2.32. The Morgan fingerprint density at radius 2 is 1.80 bits per heavy atom. The minimum Gasteiger partial charge on any atom is -0.435 e. The molecule has 2 aromatic rings. The normalized spacial score (nSPS) is 15.9. The fourth-order valence-electron chi connectivity index (χ4n) is 3.28. The Kier molecular flexibility index (Phi) is 6.99. The zero-order chi connectivity index (χ0) is 21.7. The van der Waals surface area contributed by atoms with Gasteiger partial charge < -0.3 is 10.1 Å². The van der Waals surface area contributed by atoms with E-state index in [4.69, 9.17) is 0 Å². The van der Waals surface area contributed by atoms with Crippen LogP contribution in [0.2, 0.25) is 0 Å². The van der Waals surface area contributed by atoms with Crippen LogP contribution in [0.25, 0.3) is 0 Å². The van der Waals surface area contributed by atoms with Crippen molar-refractivity contribution in [2.45, 2.75) is 30.9 Å². The van der Waals surface area contributed by atoms with Crippen molar-refractivity contribution in [3.63, 3.8) is 0 Å². The first-order valence-electron chi connectivity index (χ1n) is 9.33. The second-order valence-electron chi connectivity index (χ2n) is 6.88. The molecule has 0 unspecified atom stereocenters. The molecule has 1 heterocycles. The molecule has 3 rings (SSSR count). The molecule has 162 valence electrons. The van der Waals surface area contributed by atoms with Gasteiger partial charge in [-0.05, 0) is 54.8 Å². The van der Waals surface area contributed by atoms with E-state index in [1.165, 1.54) is 28.6 Å². The number of carbonyl (C=O) groups is 1. The van der Waals surface area contributed by atoms with Crippen molar-refractivity contribution in [3.05, 3.63) is 59.9 Å². The Labute approximate surface area is 172 Å². The van der Waals surface area contributed by atoms with Gasteiger partial charge in [0.25, 0.3) is 0 Å². The first-order valence-corrected chi connectivity index (χ1v) is 10.8. The van der Waals surface area contributed by atoms with Gasteiger partial charge in [0.2, 0.25) is 15.9 Å². The third-order valence-electron chi connectivity index (χ3n) is 4.87. The third-order valence-corrected chi connectivity index (χ3v) is 6.78. The highest BCUT2D eigenvalue weighted by atomic mass is 32.2. The number of halogens is 3. The maximum Gasteiger partial charge on any atom is 0.387 e. The SMILES string of the molecule is O=C(NCc1cccc(OC(F)F)c1)C1CCN(S(=O)(=O)c2ccc(F)cc2)CC1. The van der Waals surface area contributed by atoms with E-state index in [0.717, 1.165) is 12.1 Å². The number of hydrogen-bond acceptors (Lipinski definition) is 4. The summed E-state index contributed by atoms with van der Waals surface area (Å²) >= 11 is 0. The zero-order valence-electron chi connectivity index (χ0n) is 15.9. The Hall–Kier alpha value is -2.59. The van der Waals surface area contributed by atoms with Crippen molar-refractivity contribution in [3.8, 4) is 5.75 Å². The van der Waals surface area contributed by atoms with Crippen molar-refractivity contribution < 1.29 is 31.1 Å². The van der Waals surface area contributed by atoms with Gasteiger partial charge in [0.15, 0.2) is 0 Å². The lowest BCUT2D eigenvalue weighted by atomic mass is 9.97. The zero-order valence-corrected chi connectivity index (χ0v) is 16.7. The molecule has 0 radical (unpaired) electrons. The van der Waals surface area contributed by atoms with Gasteiger partial charge in [0, 0.05) is 25.6 Å². The Morgan fingerprint density at radius 3 is 2.43 bits per heavy atom. The van der Waals surface area contributed by atoms with E-state index in [1.54, 1.807) is 12.1 Å². The molecule has 0 atom stereocenters. The molecule has 0 saturated carbocycles. The van der Waals surface area contributed by atoms with Crippen LogP contribution in [-0.4, -0.2) is 38.3 Å². The van der Waals surface area contributed by atoms with Crippen LogP contribution in [0.1, 0.15) is 18.4 Å². The van der Waals surface area contributed by atoms with Crippen LogP contribution in [-0.2, 0) is 21.4 Å². The summed E-state index contributed by atoms with van der Waals surface area (Å²) in [7, 11) is -3.74. The summed E-state index contributed by atoms with van der Waals surface area (Å²) < 4.78 is 68.5. The molecular formula is C20H21F3N2O4S. The predicted octanol–water partition coefficient (Wildman–Crippen LogP) is 3.14. The van der Waals surface area contributed by atoms with Gasteiger partial charge in [-0.1, -0.05) is 12.1 Å². The molecule has 30 heavy (non-hydrogen) atoms. The number of carbonyl (C=O) groups excluding carboxylic acids is 1. The highest BCUT2D eigenvalue weighted by Crippen LogP contribution is 2.24. The van der Waals surface area contributed by atoms with Gasteiger partial charge in [-0.3, -0.25) is 4.79 Å². The molecule has 1 amide bonds. The summed E-state index contributed by atoms with van der Waals surface area (Å²) in [4.78, 5) is 12.4. The Morgan fingerprint density at radius 1 is 1.13 bits per heavy atom. The molecule has 1 fully saturated rings. The van der Waals surface area contributed by atoms with E-state index in [9.17, 15) is 26.4 Å². The molecular weight excluding hydrogens is 421 g/mol. The molecule has 0 aliphatic carbocycles. The molecule has 0 bridgehead atoms. The average molecular weight is 442 g/mol. The summed E-state index contributed by atoms with van der Waals surface area (Å²) in [6, 6.07) is 10.7. The van der Waals surface area contributed by atoms with Gasteiger partial charge >= 0.3 is 6.61 Å². The average Bonchev–Trinajstić information content (AvgIpc) is 2.72. The van der Waals surface area contributed by atoms with Crippen molar-refractivity contribution in [1.82, 2.24) is 9.62 Å². The molecule has 10 heteroatoms. The smallest absolute Gasteiger partial charge is 0.387 e. The van der Waals surface area contributed by atoms with Gasteiger partial charge in [-0.15, -0.1) is 0 Å². The molecule has 2 aromatic carbocycles. The largest absolute Gasteiger partial charge is 0.435 e. The second-order valence-corrected chi connectivity index (χ2v) is 8.81. The summed E-state index contributed by atoms with van der Waals surface area (Å²) in [6.07, 6.45) is 0.696. The van der Waals surface area contributed by atoms with E-state index >= 15 is 0 Å². The van der Waals surface area contributed by atoms with E-state index in [-0.39, 0.29) is 42.1 Å². The lowest BCUT2D eigenvalue weighted by Crippen LogP contribution is -2.42. The number of hydrogen-bond donors (Lipinski definition) is 1. The third kappa shape index (κ3) is 5.51. The van der Waals surface area contributed by atoms with E-state index in [2.05, 4.69) is 10.1 Å². The monoisotopic (exact) mass is 442 g/mol. The van der Waals surface area contributed by atoms with Crippen LogP contribution in [0.3, 0.4) is 0 Å². The van der Waals surface area contributed by atoms with Gasteiger partial charge in [0.05, 0.1) is 4.90 Å². The van der Waals surface area contributed by atoms with Gasteiger partial charge in [-0.2, -0.15) is 13.1 Å². The molecule has 1 aliphatic heterocycles. The lowest BCUT2D eigenvalue weighted by molar-refractivity contribution is -0.126. The molecule has 0 aromatic heterocycles. The maximum absolute atomic E-state index is 13.0. The first kappa shape index (κ1) is 22.1. The van der Waals surface area contributed by atoms with E-state index in [0.29, 0.717) is 18.4 Å². The van der Waals surface area contributed by atoms with Crippen LogP contribution >= 0.6 is 0 Å². The molecule has 0 spiro atoms. The predicted molar refractivity (Wildman–Crippen MR) is 103 cm³/mol. The number of nitrogens with zero attached hydrogens (tertiary/aromatic N) is 1. The number of rotatable bonds is 7. The summed E-state index contributed by atoms with van der Waals surface area (Å²) in [6.45, 7) is -2.43. The van der Waals surface area contributed by atoms with Crippen molar-refractivity contribution in [2.24, 2.45) is 5.92 Å². The molecule has 1 aliphatic rings. The standard InChI is InChI=1S/C20H21F3N2O4S/c21-16-4-6-18(7-5-16)30(27,28)25-10-8-15(9-11-25)19(26)24-13-14-2-1-3-17(12-14)29-20(22)23/h1-7,12,15,20H,8-11,13H2,(H,24,26). The van der Waals surface area contributed by atoms with Crippen LogP contribution in [0.15, 0.2) is 53.4 Å². The van der Waals surface area contributed by atoms with E-state index < -0.39 is 22.5 Å². The first-order chi connectivity index (χ1) is 14.3. The Balaban J connectivity index is 1.52. The number of sulfonamides is 1. The number of alkyl halides is 2. The van der Waals surface area contributed by atoms with Crippen LogP contribution in [0.4, 0.5) is 13.2 Å². The van der Waals surface area contributed by atoms with Crippen molar-refractivity contribution in [2.75, 3.05) is 13.1 Å². The maximum atomic E-state index is 13.0. The number of amides is 1. The second kappa shape index (κ2) is 9.48. The number of nitrogens with one attached hydrogen (secondary N) is 1. The quantitative estimate of drug-likeness (QED) is 0.715. The van der Waals surface area contributed by atoms with Gasteiger partial charge in [-0.25, -0.2) is 12.8 Å². The number of ether oxygens (including phenoxy) is 1. The molecule has 1 saturated heterocycles. The molecule has 1 N–H and O–H groups in total. The van der Waals surface area contributed by atoms with Crippen LogP contribution in [0.5, 0.6) is 5.75 Å². The Bertz CT molecular complexity index is 976. The van der Waals surface area contributed by atoms with Gasteiger partial charge in [0.1, 0.15) is 11.6 Å². The number of benzene rings is 2. The summed E-state index contributed by atoms with van der Waals surface area (Å²) in [5.74, 6) is -1.09.